The molecule has 0 aliphatic heterocycles. The molecule has 0 radical (unpaired) electrons. The summed E-state index contributed by atoms with van der Waals surface area (Å²) in [6, 6.07) is 8.30. The van der Waals surface area contributed by atoms with Crippen molar-refractivity contribution in [1.29, 1.82) is 0 Å². The van der Waals surface area contributed by atoms with Crippen molar-refractivity contribution in [3.8, 4) is 11.3 Å². The largest absolute Gasteiger partial charge is 0.481 e. The summed E-state index contributed by atoms with van der Waals surface area (Å²) in [6.07, 6.45) is 2.75. The van der Waals surface area contributed by atoms with Crippen LogP contribution in [0, 0.1) is 23.7 Å². The molecule has 1 heterocycles. The number of amides is 1. The molecule has 0 unspecified atom stereocenters. The van der Waals surface area contributed by atoms with Crippen LogP contribution < -0.4 is 5.32 Å². The highest BCUT2D eigenvalue weighted by molar-refractivity contribution is 7.14. The lowest BCUT2D eigenvalue weighted by atomic mass is 9.79. The Bertz CT molecular complexity index is 859. The third-order valence-corrected chi connectivity index (χ3v) is 6.87. The number of aromatic nitrogens is 1. The van der Waals surface area contributed by atoms with Crippen LogP contribution in [0.3, 0.4) is 0 Å². The molecular weight excluding hydrogens is 360 g/mol. The van der Waals surface area contributed by atoms with Crippen LogP contribution in [0.2, 0.25) is 0 Å². The summed E-state index contributed by atoms with van der Waals surface area (Å²) < 4.78 is 0. The lowest BCUT2D eigenvalue weighted by molar-refractivity contribution is -0.148. The Labute approximate surface area is 162 Å². The number of thiazole rings is 1. The van der Waals surface area contributed by atoms with Crippen LogP contribution in [0.15, 0.2) is 29.6 Å². The second kappa shape index (κ2) is 7.08. The number of carbonyl (C=O) groups is 2. The maximum absolute atomic E-state index is 12.8. The van der Waals surface area contributed by atoms with E-state index in [4.69, 9.17) is 0 Å². The number of aliphatic carboxylic acids is 1. The van der Waals surface area contributed by atoms with Gasteiger partial charge in [0.2, 0.25) is 5.91 Å². The molecule has 4 atom stereocenters. The van der Waals surface area contributed by atoms with Gasteiger partial charge in [-0.05, 0) is 42.6 Å². The molecular formula is C21H24N2O3S. The minimum atomic E-state index is -0.840. The summed E-state index contributed by atoms with van der Waals surface area (Å²) in [5, 5.41) is 14.9. The molecule has 2 aromatic rings. The number of fused-ring (bicyclic) bond motifs is 2. The number of nitrogens with one attached hydrogen (secondary N) is 1. The molecule has 2 aliphatic rings. The van der Waals surface area contributed by atoms with Crippen LogP contribution in [-0.4, -0.2) is 22.0 Å². The van der Waals surface area contributed by atoms with Crippen molar-refractivity contribution < 1.29 is 14.7 Å². The van der Waals surface area contributed by atoms with Gasteiger partial charge in [-0.15, -0.1) is 11.3 Å². The van der Waals surface area contributed by atoms with E-state index in [-0.39, 0.29) is 17.7 Å². The Morgan fingerprint density at radius 3 is 2.44 bits per heavy atom. The quantitative estimate of drug-likeness (QED) is 0.788. The van der Waals surface area contributed by atoms with E-state index in [1.54, 1.807) is 0 Å². The lowest BCUT2D eigenvalue weighted by Crippen LogP contribution is -2.37. The minimum Gasteiger partial charge on any atom is -0.481 e. The number of rotatable bonds is 5. The third-order valence-electron chi connectivity index (χ3n) is 6.11. The first-order valence-corrected chi connectivity index (χ1v) is 10.4. The average molecular weight is 385 g/mol. The van der Waals surface area contributed by atoms with E-state index in [9.17, 15) is 14.7 Å². The fourth-order valence-corrected chi connectivity index (χ4v) is 5.44. The van der Waals surface area contributed by atoms with Crippen LogP contribution >= 0.6 is 11.3 Å². The zero-order valence-corrected chi connectivity index (χ0v) is 16.3. The Hall–Kier alpha value is -2.21. The molecule has 0 spiro atoms. The van der Waals surface area contributed by atoms with Gasteiger partial charge in [0.15, 0.2) is 5.13 Å². The van der Waals surface area contributed by atoms with E-state index in [2.05, 4.69) is 36.3 Å². The predicted molar refractivity (Wildman–Crippen MR) is 106 cm³/mol. The molecule has 2 N–H and O–H groups in total. The SMILES string of the molecule is CC(C)c1ccc(-c2csc(NC(=O)[C@@H]3[C@H]4CC[C@@H](C4)[C@H]3C(=O)O)n2)cc1. The van der Waals surface area contributed by atoms with Crippen LogP contribution in [-0.2, 0) is 9.59 Å². The zero-order valence-electron chi connectivity index (χ0n) is 15.5. The van der Waals surface area contributed by atoms with Crippen molar-refractivity contribution in [3.05, 3.63) is 35.2 Å². The number of hydrogen-bond donors (Lipinski definition) is 2. The monoisotopic (exact) mass is 384 g/mol. The normalized spacial score (nSPS) is 26.5. The van der Waals surface area contributed by atoms with E-state index in [0.29, 0.717) is 11.0 Å². The fourth-order valence-electron chi connectivity index (χ4n) is 4.72. The van der Waals surface area contributed by atoms with E-state index < -0.39 is 17.8 Å². The first kappa shape index (κ1) is 18.2. The molecule has 142 valence electrons. The molecule has 1 aromatic heterocycles. The third kappa shape index (κ3) is 3.38. The number of carbonyl (C=O) groups excluding carboxylic acids is 1. The molecule has 1 aromatic carbocycles. The number of nitrogens with zero attached hydrogens (tertiary/aromatic N) is 1. The number of hydrogen-bond acceptors (Lipinski definition) is 4. The van der Waals surface area contributed by atoms with Gasteiger partial charge in [-0.3, -0.25) is 9.59 Å². The van der Waals surface area contributed by atoms with Gasteiger partial charge < -0.3 is 10.4 Å². The highest BCUT2D eigenvalue weighted by atomic mass is 32.1. The van der Waals surface area contributed by atoms with Gasteiger partial charge in [-0.2, -0.15) is 0 Å². The summed E-state index contributed by atoms with van der Waals surface area (Å²) in [5.74, 6) is -1.19. The van der Waals surface area contributed by atoms with Gasteiger partial charge in [-0.1, -0.05) is 38.1 Å². The van der Waals surface area contributed by atoms with Crippen LogP contribution in [0.1, 0.15) is 44.6 Å². The van der Waals surface area contributed by atoms with Crippen molar-refractivity contribution in [2.24, 2.45) is 23.7 Å². The summed E-state index contributed by atoms with van der Waals surface area (Å²) in [7, 11) is 0. The molecule has 1 amide bonds. The van der Waals surface area contributed by atoms with Gasteiger partial charge in [-0.25, -0.2) is 4.98 Å². The molecule has 2 saturated carbocycles. The van der Waals surface area contributed by atoms with E-state index in [1.807, 2.05) is 17.5 Å². The lowest BCUT2D eigenvalue weighted by Gasteiger charge is -2.26. The van der Waals surface area contributed by atoms with Crippen molar-refractivity contribution in [1.82, 2.24) is 4.98 Å². The first-order valence-electron chi connectivity index (χ1n) is 9.53. The molecule has 2 bridgehead atoms. The molecule has 6 heteroatoms. The summed E-state index contributed by atoms with van der Waals surface area (Å²) in [6.45, 7) is 4.32. The Balaban J connectivity index is 1.47. The molecule has 0 saturated heterocycles. The molecule has 5 nitrogen and oxygen atoms in total. The van der Waals surface area contributed by atoms with Crippen molar-refractivity contribution >= 4 is 28.3 Å². The summed E-state index contributed by atoms with van der Waals surface area (Å²) in [5.41, 5.74) is 3.12. The maximum atomic E-state index is 12.8. The van der Waals surface area contributed by atoms with Crippen LogP contribution in [0.25, 0.3) is 11.3 Å². The molecule has 27 heavy (non-hydrogen) atoms. The molecule has 2 aliphatic carbocycles. The number of carboxylic acids is 1. The van der Waals surface area contributed by atoms with E-state index in [0.717, 1.165) is 30.5 Å². The van der Waals surface area contributed by atoms with Crippen molar-refractivity contribution in [3.63, 3.8) is 0 Å². The van der Waals surface area contributed by atoms with Gasteiger partial charge in [0.25, 0.3) is 0 Å². The predicted octanol–water partition coefficient (Wildman–Crippen LogP) is 4.62. The van der Waals surface area contributed by atoms with E-state index in [1.165, 1.54) is 16.9 Å². The summed E-state index contributed by atoms with van der Waals surface area (Å²) >= 11 is 1.38. The average Bonchev–Trinajstić information content (AvgIpc) is 3.37. The van der Waals surface area contributed by atoms with Gasteiger partial charge in [0, 0.05) is 10.9 Å². The molecule has 2 fully saturated rings. The summed E-state index contributed by atoms with van der Waals surface area (Å²) in [4.78, 5) is 28.9. The number of anilines is 1. The number of benzene rings is 1. The maximum Gasteiger partial charge on any atom is 0.307 e. The minimum absolute atomic E-state index is 0.148. The van der Waals surface area contributed by atoms with E-state index >= 15 is 0 Å². The van der Waals surface area contributed by atoms with Crippen LogP contribution in [0.4, 0.5) is 5.13 Å². The van der Waals surface area contributed by atoms with Gasteiger partial charge in [0.1, 0.15) is 0 Å². The Morgan fingerprint density at radius 2 is 1.81 bits per heavy atom. The van der Waals surface area contributed by atoms with Crippen LogP contribution in [0.5, 0.6) is 0 Å². The zero-order chi connectivity index (χ0) is 19.1. The highest BCUT2D eigenvalue weighted by Gasteiger charge is 2.54. The standard InChI is InChI=1S/C21H24N2O3S/c1-11(2)12-3-5-13(6-4-12)16-10-27-21(22-16)23-19(24)17-14-7-8-15(9-14)18(17)20(25)26/h3-6,10-11,14-15,17-18H,7-9H2,1-2H3,(H,25,26)(H,22,23,24)/t14-,15-,17+,18+/m0/s1. The Kier molecular flexibility index (Phi) is 4.76. The van der Waals surface area contributed by atoms with Crippen molar-refractivity contribution in [2.75, 3.05) is 5.32 Å². The highest BCUT2D eigenvalue weighted by Crippen LogP contribution is 2.52. The molecule has 4 rings (SSSR count). The first-order chi connectivity index (χ1) is 12.9. The second-order valence-electron chi connectivity index (χ2n) is 8.03. The smallest absolute Gasteiger partial charge is 0.307 e. The topological polar surface area (TPSA) is 79.3 Å². The van der Waals surface area contributed by atoms with Gasteiger partial charge in [0.05, 0.1) is 17.5 Å². The fraction of sp³-hybridized carbons (Fsp3) is 0.476. The van der Waals surface area contributed by atoms with Crippen molar-refractivity contribution in [2.45, 2.75) is 39.0 Å². The second-order valence-corrected chi connectivity index (χ2v) is 8.88. The Morgan fingerprint density at radius 1 is 1.15 bits per heavy atom. The van der Waals surface area contributed by atoms with Gasteiger partial charge >= 0.3 is 5.97 Å². The number of carboxylic acid groups (broad SMARTS) is 1.